The highest BCUT2D eigenvalue weighted by Gasteiger charge is 2.43. The molecule has 0 aliphatic carbocycles. The normalized spacial score (nSPS) is 26.0. The van der Waals surface area contributed by atoms with E-state index in [0.717, 1.165) is 11.1 Å². The Bertz CT molecular complexity index is 928. The highest BCUT2D eigenvalue weighted by atomic mass is 16.8. The number of cyclic esters (lactones) is 1. The van der Waals surface area contributed by atoms with E-state index >= 15 is 0 Å². The molecule has 0 saturated carbocycles. The molecule has 1 fully saturated rings. The number of esters is 1. The van der Waals surface area contributed by atoms with Gasteiger partial charge in [-0.1, -0.05) is 24.3 Å². The van der Waals surface area contributed by atoms with E-state index < -0.39 is 30.1 Å². The van der Waals surface area contributed by atoms with Gasteiger partial charge < -0.3 is 24.4 Å². The van der Waals surface area contributed by atoms with Crippen LogP contribution in [0.4, 0.5) is 0 Å². The molecule has 3 rings (SSSR count). The van der Waals surface area contributed by atoms with Gasteiger partial charge in [0, 0.05) is 13.0 Å². The minimum absolute atomic E-state index is 0.0308. The predicted molar refractivity (Wildman–Crippen MR) is 119 cm³/mol. The van der Waals surface area contributed by atoms with Crippen LogP contribution in [0.5, 0.6) is 5.75 Å². The number of aliphatic hydroxyl groups is 1. The number of carbonyl (C=O) groups excluding carboxylic acids is 2. The van der Waals surface area contributed by atoms with Crippen LogP contribution in [0, 0.1) is 0 Å². The van der Waals surface area contributed by atoms with Crippen LogP contribution < -0.4 is 0 Å². The number of phenolic OH excluding ortho intramolecular Hbond substituents is 1. The summed E-state index contributed by atoms with van der Waals surface area (Å²) >= 11 is 0. The molecule has 32 heavy (non-hydrogen) atoms. The fourth-order valence-electron chi connectivity index (χ4n) is 3.96. The van der Waals surface area contributed by atoms with E-state index in [1.54, 1.807) is 45.9 Å². The molecule has 0 aromatic heterocycles. The van der Waals surface area contributed by atoms with Crippen LogP contribution >= 0.6 is 0 Å². The zero-order valence-electron chi connectivity index (χ0n) is 19.1. The number of fused-ring (bicyclic) bond motifs is 2. The van der Waals surface area contributed by atoms with Gasteiger partial charge in [-0.25, -0.2) is 4.79 Å². The van der Waals surface area contributed by atoms with Gasteiger partial charge in [0.05, 0.1) is 6.10 Å². The van der Waals surface area contributed by atoms with E-state index in [-0.39, 0.29) is 30.1 Å². The Morgan fingerprint density at radius 1 is 1.19 bits per heavy atom. The molecule has 2 heterocycles. The molecular formula is C25H32O7. The van der Waals surface area contributed by atoms with E-state index in [2.05, 4.69) is 0 Å². The monoisotopic (exact) mass is 444 g/mol. The Morgan fingerprint density at radius 2 is 1.94 bits per heavy atom. The topological polar surface area (TPSA) is 102 Å². The Labute approximate surface area is 188 Å². The van der Waals surface area contributed by atoms with E-state index in [4.69, 9.17) is 19.3 Å². The summed E-state index contributed by atoms with van der Waals surface area (Å²) in [7, 11) is 0. The van der Waals surface area contributed by atoms with E-state index in [1.807, 2.05) is 6.08 Å². The number of ether oxygens (including phenoxy) is 3. The third-order valence-electron chi connectivity index (χ3n) is 5.75. The van der Waals surface area contributed by atoms with Crippen molar-refractivity contribution in [1.29, 1.82) is 0 Å². The van der Waals surface area contributed by atoms with Gasteiger partial charge in [0.1, 0.15) is 23.5 Å². The largest absolute Gasteiger partial charge is 0.507 e. The Hall–Kier alpha value is -2.48. The lowest BCUT2D eigenvalue weighted by molar-refractivity contribution is -0.154. The van der Waals surface area contributed by atoms with Crippen LogP contribution in [-0.4, -0.2) is 52.7 Å². The number of aryl methyl sites for hydroxylation is 1. The van der Waals surface area contributed by atoms with Crippen molar-refractivity contribution in [2.75, 3.05) is 6.61 Å². The number of carbonyl (C=O) groups is 2. The third-order valence-corrected chi connectivity index (χ3v) is 5.75. The minimum Gasteiger partial charge on any atom is -0.507 e. The molecule has 0 amide bonds. The molecule has 2 aliphatic heterocycles. The number of aromatic hydroxyl groups is 1. The highest BCUT2D eigenvalue weighted by molar-refractivity contribution is 5.97. The molecule has 0 unspecified atom stereocenters. The van der Waals surface area contributed by atoms with Crippen molar-refractivity contribution in [2.45, 2.75) is 77.5 Å². The van der Waals surface area contributed by atoms with Crippen molar-refractivity contribution in [2.24, 2.45) is 0 Å². The average molecular weight is 445 g/mol. The third kappa shape index (κ3) is 5.65. The van der Waals surface area contributed by atoms with Gasteiger partial charge in [0.2, 0.25) is 0 Å². The standard InChI is InChI=1S/C25H32O7/c1-15-10-11-19(27)23-21(31-25(3,4)32-23)9-5-8-18-13-17(7-6-12-26)14-20(28)22(18)24(29)30-16(15)2/h5,8,10,13-14,16,21,23,26,28H,6-7,9,11-12H2,1-4H3/t16-,21-,23+/m0/s1. The average Bonchev–Trinajstić information content (AvgIpc) is 3.03. The van der Waals surface area contributed by atoms with E-state index in [9.17, 15) is 14.7 Å². The van der Waals surface area contributed by atoms with E-state index in [1.165, 1.54) is 6.07 Å². The zero-order chi connectivity index (χ0) is 23.5. The van der Waals surface area contributed by atoms with Gasteiger partial charge >= 0.3 is 5.97 Å². The summed E-state index contributed by atoms with van der Waals surface area (Å²) in [6.07, 6.45) is 5.21. The van der Waals surface area contributed by atoms with Crippen molar-refractivity contribution >= 4 is 17.8 Å². The van der Waals surface area contributed by atoms with Crippen LogP contribution in [0.1, 0.15) is 68.4 Å². The maximum atomic E-state index is 12.9. The Balaban J connectivity index is 2.02. The zero-order valence-corrected chi connectivity index (χ0v) is 19.1. The first-order chi connectivity index (χ1) is 15.1. The Morgan fingerprint density at radius 3 is 2.66 bits per heavy atom. The molecule has 0 spiro atoms. The summed E-state index contributed by atoms with van der Waals surface area (Å²) in [4.78, 5) is 25.7. The molecule has 7 heteroatoms. The van der Waals surface area contributed by atoms with Crippen LogP contribution in [-0.2, 0) is 25.4 Å². The fraction of sp³-hybridized carbons (Fsp3) is 0.520. The number of hydrogen-bond donors (Lipinski definition) is 2. The molecule has 174 valence electrons. The molecule has 2 N–H and O–H groups in total. The van der Waals surface area contributed by atoms with Gasteiger partial charge in [-0.15, -0.1) is 0 Å². The first-order valence-corrected chi connectivity index (χ1v) is 11.0. The van der Waals surface area contributed by atoms with Crippen LogP contribution in [0.3, 0.4) is 0 Å². The molecule has 1 saturated heterocycles. The molecule has 1 aromatic carbocycles. The second-order valence-electron chi connectivity index (χ2n) is 8.81. The smallest absolute Gasteiger partial charge is 0.343 e. The fourth-order valence-corrected chi connectivity index (χ4v) is 3.96. The number of ketones is 1. The summed E-state index contributed by atoms with van der Waals surface area (Å²) < 4.78 is 17.4. The molecule has 2 aliphatic rings. The van der Waals surface area contributed by atoms with Crippen molar-refractivity contribution in [1.82, 2.24) is 0 Å². The number of Topliss-reactive ketones (excluding diaryl/α,β-unsaturated/α-hetero) is 1. The SMILES string of the molecule is CC1=CCC(=O)[C@H]2OC(C)(C)O[C@H]2CC=Cc2cc(CCCO)cc(O)c2C(=O)O[C@H]1C. The van der Waals surface area contributed by atoms with Gasteiger partial charge in [-0.3, -0.25) is 4.79 Å². The maximum Gasteiger partial charge on any atom is 0.343 e. The number of rotatable bonds is 3. The van der Waals surface area contributed by atoms with Gasteiger partial charge in [-0.2, -0.15) is 0 Å². The first kappa shape index (κ1) is 24.2. The van der Waals surface area contributed by atoms with Gasteiger partial charge in [0.15, 0.2) is 11.6 Å². The molecular weight excluding hydrogens is 412 g/mol. The van der Waals surface area contributed by atoms with Crippen molar-refractivity contribution in [3.8, 4) is 5.75 Å². The van der Waals surface area contributed by atoms with Gasteiger partial charge in [-0.05, 0) is 69.7 Å². The first-order valence-electron chi connectivity index (χ1n) is 11.0. The second-order valence-corrected chi connectivity index (χ2v) is 8.81. The summed E-state index contributed by atoms with van der Waals surface area (Å²) in [5.74, 6) is -1.76. The summed E-state index contributed by atoms with van der Waals surface area (Å²) in [6.45, 7) is 7.11. The maximum absolute atomic E-state index is 12.9. The number of allylic oxidation sites excluding steroid dienone is 1. The number of phenols is 1. The molecule has 3 atom stereocenters. The molecule has 0 bridgehead atoms. The lowest BCUT2D eigenvalue weighted by atomic mass is 9.97. The second kappa shape index (κ2) is 9.98. The van der Waals surface area contributed by atoms with Crippen molar-refractivity contribution in [3.63, 3.8) is 0 Å². The van der Waals surface area contributed by atoms with E-state index in [0.29, 0.717) is 24.8 Å². The highest BCUT2D eigenvalue weighted by Crippen LogP contribution is 2.33. The molecule has 0 radical (unpaired) electrons. The number of hydrogen-bond acceptors (Lipinski definition) is 7. The van der Waals surface area contributed by atoms with Crippen LogP contribution in [0.15, 0.2) is 29.9 Å². The van der Waals surface area contributed by atoms with Crippen molar-refractivity contribution in [3.05, 3.63) is 46.5 Å². The van der Waals surface area contributed by atoms with Crippen LogP contribution in [0.25, 0.3) is 6.08 Å². The van der Waals surface area contributed by atoms with Crippen LogP contribution in [0.2, 0.25) is 0 Å². The summed E-state index contributed by atoms with van der Waals surface area (Å²) in [5, 5.41) is 19.7. The number of aliphatic hydroxyl groups excluding tert-OH is 1. The predicted octanol–water partition coefficient (Wildman–Crippen LogP) is 3.70. The molecule has 7 nitrogen and oxygen atoms in total. The minimum atomic E-state index is -0.869. The Kier molecular flexibility index (Phi) is 7.54. The lowest BCUT2D eigenvalue weighted by Crippen LogP contribution is -2.31. The quantitative estimate of drug-likeness (QED) is 0.541. The summed E-state index contributed by atoms with van der Waals surface area (Å²) in [6, 6.07) is 3.34. The summed E-state index contributed by atoms with van der Waals surface area (Å²) in [5.41, 5.74) is 2.12. The molecule has 1 aromatic rings. The van der Waals surface area contributed by atoms with Crippen molar-refractivity contribution < 1.29 is 34.0 Å². The number of benzene rings is 1. The lowest BCUT2D eigenvalue weighted by Gasteiger charge is -2.18. The van der Waals surface area contributed by atoms with Gasteiger partial charge in [0.25, 0.3) is 0 Å².